The van der Waals surface area contributed by atoms with E-state index >= 15 is 0 Å². The summed E-state index contributed by atoms with van der Waals surface area (Å²) in [5.74, 6) is -0.415. The largest absolute Gasteiger partial charge is 0.466 e. The van der Waals surface area contributed by atoms with Gasteiger partial charge in [0.25, 0.3) is 10.1 Å². The molecule has 0 aliphatic rings. The molecule has 1 rings (SSSR count). The summed E-state index contributed by atoms with van der Waals surface area (Å²) < 4.78 is 30.9. The molecule has 0 fully saturated rings. The molecule has 0 bridgehead atoms. The van der Waals surface area contributed by atoms with Crippen LogP contribution in [0.25, 0.3) is 5.57 Å². The van der Waals surface area contributed by atoms with Crippen LogP contribution in [0.1, 0.15) is 18.1 Å². The van der Waals surface area contributed by atoms with Crippen LogP contribution in [-0.2, 0) is 30.4 Å². The number of methoxy groups -OCH3 is 1. The van der Waals surface area contributed by atoms with Crippen molar-refractivity contribution in [2.45, 2.75) is 13.5 Å². The van der Waals surface area contributed by atoms with E-state index in [0.29, 0.717) is 0 Å². The van der Waals surface area contributed by atoms with Crippen LogP contribution < -0.4 is 0 Å². The molecule has 6 heteroatoms. The number of allylic oxidation sites excluding steroid dienone is 1. The predicted octanol–water partition coefficient (Wildman–Crippen LogP) is 1.74. The SMILES string of the molecule is COC(=O)/C=C(\C)c1ccc(COS(C)(=O)=O)cc1. The van der Waals surface area contributed by atoms with Gasteiger partial charge in [-0.2, -0.15) is 8.42 Å². The van der Waals surface area contributed by atoms with E-state index < -0.39 is 16.1 Å². The molecule has 1 aromatic rings. The van der Waals surface area contributed by atoms with Gasteiger partial charge in [0.1, 0.15) is 0 Å². The molecule has 0 atom stereocenters. The summed E-state index contributed by atoms with van der Waals surface area (Å²) in [6.07, 6.45) is 2.40. The van der Waals surface area contributed by atoms with E-state index in [2.05, 4.69) is 8.92 Å². The molecule has 5 nitrogen and oxygen atoms in total. The van der Waals surface area contributed by atoms with Crippen LogP contribution in [-0.4, -0.2) is 27.8 Å². The first-order valence-corrected chi connectivity index (χ1v) is 7.33. The van der Waals surface area contributed by atoms with E-state index in [1.807, 2.05) is 0 Å². The average molecular weight is 284 g/mol. The molecule has 0 amide bonds. The minimum atomic E-state index is -3.44. The Morgan fingerprint density at radius 3 is 2.32 bits per heavy atom. The lowest BCUT2D eigenvalue weighted by molar-refractivity contribution is -0.134. The molecular weight excluding hydrogens is 268 g/mol. The number of carbonyl (C=O) groups is 1. The summed E-state index contributed by atoms with van der Waals surface area (Å²) in [5, 5.41) is 0. The first kappa shape index (κ1) is 15.4. The van der Waals surface area contributed by atoms with Gasteiger partial charge in [-0.05, 0) is 23.6 Å². The van der Waals surface area contributed by atoms with E-state index in [-0.39, 0.29) is 6.61 Å². The van der Waals surface area contributed by atoms with Crippen molar-refractivity contribution in [1.29, 1.82) is 0 Å². The van der Waals surface area contributed by atoms with Crippen LogP contribution in [0.5, 0.6) is 0 Å². The Bertz CT molecular complexity index is 570. The molecule has 1 aromatic carbocycles. The van der Waals surface area contributed by atoms with Crippen LogP contribution in [0.3, 0.4) is 0 Å². The van der Waals surface area contributed by atoms with Crippen LogP contribution >= 0.6 is 0 Å². The lowest BCUT2D eigenvalue weighted by Gasteiger charge is -2.04. The molecule has 104 valence electrons. The van der Waals surface area contributed by atoms with Gasteiger partial charge in [0.15, 0.2) is 0 Å². The van der Waals surface area contributed by atoms with Crippen molar-refractivity contribution in [2.75, 3.05) is 13.4 Å². The van der Waals surface area contributed by atoms with Crippen LogP contribution in [0.2, 0.25) is 0 Å². The fraction of sp³-hybridized carbons (Fsp3) is 0.308. The number of esters is 1. The second-order valence-electron chi connectivity index (χ2n) is 4.01. The normalized spacial score (nSPS) is 12.3. The first-order chi connectivity index (χ1) is 8.81. The van der Waals surface area contributed by atoms with Gasteiger partial charge >= 0.3 is 5.97 Å². The number of hydrogen-bond donors (Lipinski definition) is 0. The minimum Gasteiger partial charge on any atom is -0.466 e. The van der Waals surface area contributed by atoms with Crippen molar-refractivity contribution in [2.24, 2.45) is 0 Å². The zero-order valence-corrected chi connectivity index (χ0v) is 11.9. The summed E-state index contributed by atoms with van der Waals surface area (Å²) in [7, 11) is -2.12. The number of hydrogen-bond acceptors (Lipinski definition) is 5. The summed E-state index contributed by atoms with van der Waals surface area (Å²) in [6.45, 7) is 1.79. The van der Waals surface area contributed by atoms with Gasteiger partial charge in [-0.1, -0.05) is 24.3 Å². The van der Waals surface area contributed by atoms with Crippen molar-refractivity contribution in [3.8, 4) is 0 Å². The highest BCUT2D eigenvalue weighted by atomic mass is 32.2. The van der Waals surface area contributed by atoms with E-state index in [1.165, 1.54) is 13.2 Å². The average Bonchev–Trinajstić information content (AvgIpc) is 2.36. The van der Waals surface area contributed by atoms with E-state index in [4.69, 9.17) is 0 Å². The molecule has 0 heterocycles. The maximum absolute atomic E-state index is 11.1. The number of benzene rings is 1. The Morgan fingerprint density at radius 2 is 1.84 bits per heavy atom. The number of carbonyl (C=O) groups excluding carboxylic acids is 1. The molecule has 0 saturated heterocycles. The highest BCUT2D eigenvalue weighted by Gasteiger charge is 2.04. The lowest BCUT2D eigenvalue weighted by Crippen LogP contribution is -2.02. The first-order valence-electron chi connectivity index (χ1n) is 5.52. The van der Waals surface area contributed by atoms with Gasteiger partial charge in [0.05, 0.1) is 20.0 Å². The maximum atomic E-state index is 11.1. The van der Waals surface area contributed by atoms with Crippen molar-refractivity contribution in [1.82, 2.24) is 0 Å². The molecule has 0 spiro atoms. The fourth-order valence-corrected chi connectivity index (χ4v) is 1.71. The van der Waals surface area contributed by atoms with Gasteiger partial charge in [0.2, 0.25) is 0 Å². The van der Waals surface area contributed by atoms with Crippen molar-refractivity contribution in [3.05, 3.63) is 41.5 Å². The molecule has 0 N–H and O–H groups in total. The molecule has 0 aromatic heterocycles. The number of ether oxygens (including phenoxy) is 1. The molecule has 0 saturated carbocycles. The van der Waals surface area contributed by atoms with Gasteiger partial charge in [-0.3, -0.25) is 4.18 Å². The quantitative estimate of drug-likeness (QED) is 0.468. The third-order valence-electron chi connectivity index (χ3n) is 2.38. The van der Waals surface area contributed by atoms with Crippen LogP contribution in [0.4, 0.5) is 0 Å². The maximum Gasteiger partial charge on any atom is 0.330 e. The highest BCUT2D eigenvalue weighted by molar-refractivity contribution is 7.85. The van der Waals surface area contributed by atoms with Crippen molar-refractivity contribution >= 4 is 21.7 Å². The molecular formula is C13H16O5S. The molecule has 0 radical (unpaired) electrons. The van der Waals surface area contributed by atoms with Crippen LogP contribution in [0.15, 0.2) is 30.3 Å². The van der Waals surface area contributed by atoms with E-state index in [0.717, 1.165) is 23.0 Å². The lowest BCUT2D eigenvalue weighted by atomic mass is 10.1. The third kappa shape index (κ3) is 5.67. The summed E-state index contributed by atoms with van der Waals surface area (Å²) in [5.41, 5.74) is 2.36. The topological polar surface area (TPSA) is 69.7 Å². The van der Waals surface area contributed by atoms with Crippen molar-refractivity contribution < 1.29 is 22.1 Å². The van der Waals surface area contributed by atoms with Gasteiger partial charge in [-0.15, -0.1) is 0 Å². The van der Waals surface area contributed by atoms with Gasteiger partial charge in [0, 0.05) is 6.08 Å². The monoisotopic (exact) mass is 284 g/mol. The van der Waals surface area contributed by atoms with Gasteiger partial charge in [-0.25, -0.2) is 4.79 Å². The second kappa shape index (κ2) is 6.49. The Morgan fingerprint density at radius 1 is 1.26 bits per heavy atom. The summed E-state index contributed by atoms with van der Waals surface area (Å²) in [4.78, 5) is 11.1. The van der Waals surface area contributed by atoms with E-state index in [9.17, 15) is 13.2 Å². The Balaban J connectivity index is 2.76. The van der Waals surface area contributed by atoms with Crippen molar-refractivity contribution in [3.63, 3.8) is 0 Å². The smallest absolute Gasteiger partial charge is 0.330 e. The molecule has 19 heavy (non-hydrogen) atoms. The van der Waals surface area contributed by atoms with E-state index in [1.54, 1.807) is 31.2 Å². The Labute approximate surface area is 113 Å². The molecule has 0 aliphatic heterocycles. The highest BCUT2D eigenvalue weighted by Crippen LogP contribution is 2.15. The predicted molar refractivity (Wildman–Crippen MR) is 71.7 cm³/mol. The second-order valence-corrected chi connectivity index (χ2v) is 5.66. The van der Waals surface area contributed by atoms with Gasteiger partial charge < -0.3 is 4.74 Å². The zero-order chi connectivity index (χ0) is 14.5. The summed E-state index contributed by atoms with van der Waals surface area (Å²) in [6, 6.07) is 7.07. The Kier molecular flexibility index (Phi) is 5.26. The summed E-state index contributed by atoms with van der Waals surface area (Å²) >= 11 is 0. The van der Waals surface area contributed by atoms with Crippen LogP contribution in [0, 0.1) is 0 Å². The molecule has 0 aliphatic carbocycles. The zero-order valence-electron chi connectivity index (χ0n) is 11.0. The number of rotatable bonds is 5. The molecule has 0 unspecified atom stereocenters. The third-order valence-corrected chi connectivity index (χ3v) is 2.93. The Hall–Kier alpha value is -1.66. The fourth-order valence-electron chi connectivity index (χ4n) is 1.36. The minimum absolute atomic E-state index is 0.00111. The standard InChI is InChI=1S/C13H16O5S/c1-10(8-13(14)17-2)12-6-4-11(5-7-12)9-18-19(3,15)16/h4-8H,9H2,1-3H3/b10-8+.